The van der Waals surface area contributed by atoms with Crippen LogP contribution in [0, 0.1) is 6.92 Å². The molecule has 0 aliphatic carbocycles. The molecule has 2 aromatic heterocycles. The highest BCUT2D eigenvalue weighted by Crippen LogP contribution is 2.13. The second kappa shape index (κ2) is 7.18. The van der Waals surface area contributed by atoms with Gasteiger partial charge in [0.15, 0.2) is 0 Å². The zero-order valence-corrected chi connectivity index (χ0v) is 14.3. The van der Waals surface area contributed by atoms with Gasteiger partial charge >= 0.3 is 11.9 Å². The van der Waals surface area contributed by atoms with E-state index in [1.807, 2.05) is 13.0 Å². The maximum atomic E-state index is 12.3. The van der Waals surface area contributed by atoms with Crippen molar-refractivity contribution in [3.8, 4) is 0 Å². The van der Waals surface area contributed by atoms with Gasteiger partial charge in [0.05, 0.1) is 23.9 Å². The van der Waals surface area contributed by atoms with Crippen LogP contribution in [0.15, 0.2) is 53.5 Å². The normalized spacial score (nSPS) is 10.5. The summed E-state index contributed by atoms with van der Waals surface area (Å²) in [4.78, 5) is 40.5. The van der Waals surface area contributed by atoms with Crippen LogP contribution < -0.4 is 5.56 Å². The van der Waals surface area contributed by atoms with E-state index in [1.165, 1.54) is 29.7 Å². The number of ether oxygens (including phenoxy) is 2. The van der Waals surface area contributed by atoms with Crippen molar-refractivity contribution in [3.05, 3.63) is 81.4 Å². The molecule has 3 rings (SSSR count). The molecule has 0 spiro atoms. The molecule has 0 atom stereocenters. The van der Waals surface area contributed by atoms with Crippen molar-refractivity contribution in [1.29, 1.82) is 0 Å². The SMILES string of the molecule is COC(=O)c1ccccc1C(=O)OCc1cc(=O)n2cc(C)ccc2n1. The molecule has 0 aliphatic heterocycles. The number of aryl methyl sites for hydroxylation is 1. The Hall–Kier alpha value is -3.48. The minimum Gasteiger partial charge on any atom is -0.465 e. The van der Waals surface area contributed by atoms with Gasteiger partial charge in [-0.1, -0.05) is 18.2 Å². The maximum absolute atomic E-state index is 12.3. The van der Waals surface area contributed by atoms with Crippen molar-refractivity contribution in [3.63, 3.8) is 0 Å². The van der Waals surface area contributed by atoms with Crippen LogP contribution in [0.4, 0.5) is 0 Å². The fourth-order valence-electron chi connectivity index (χ4n) is 2.50. The topological polar surface area (TPSA) is 87.0 Å². The largest absolute Gasteiger partial charge is 0.465 e. The molecule has 3 aromatic rings. The molecule has 0 saturated heterocycles. The standard InChI is InChI=1S/C19H16N2O5/c1-12-7-8-16-20-13(9-17(22)21(16)10-12)11-26-19(24)15-6-4-3-5-14(15)18(23)25-2/h3-10H,11H2,1-2H3. The molecule has 2 heterocycles. The quantitative estimate of drug-likeness (QED) is 0.669. The van der Waals surface area contributed by atoms with Gasteiger partial charge in [-0.25, -0.2) is 14.6 Å². The Labute approximate surface area is 148 Å². The monoisotopic (exact) mass is 352 g/mol. The van der Waals surface area contributed by atoms with Gasteiger partial charge in [-0.2, -0.15) is 0 Å². The number of methoxy groups -OCH3 is 1. The molecule has 0 fully saturated rings. The molecule has 0 unspecified atom stereocenters. The molecule has 0 aliphatic rings. The van der Waals surface area contributed by atoms with Crippen molar-refractivity contribution in [2.24, 2.45) is 0 Å². The highest BCUT2D eigenvalue weighted by Gasteiger charge is 2.18. The molecule has 7 heteroatoms. The van der Waals surface area contributed by atoms with E-state index >= 15 is 0 Å². The summed E-state index contributed by atoms with van der Waals surface area (Å²) >= 11 is 0. The van der Waals surface area contributed by atoms with Crippen LogP contribution in [0.5, 0.6) is 0 Å². The highest BCUT2D eigenvalue weighted by atomic mass is 16.5. The first-order chi connectivity index (χ1) is 12.5. The van der Waals surface area contributed by atoms with E-state index in [2.05, 4.69) is 9.72 Å². The summed E-state index contributed by atoms with van der Waals surface area (Å²) < 4.78 is 11.3. The Bertz CT molecular complexity index is 1060. The third-order valence-electron chi connectivity index (χ3n) is 3.76. The lowest BCUT2D eigenvalue weighted by Crippen LogP contribution is -2.17. The van der Waals surface area contributed by atoms with Gasteiger partial charge in [-0.05, 0) is 30.7 Å². The lowest BCUT2D eigenvalue weighted by atomic mass is 10.1. The molecular formula is C19H16N2O5. The van der Waals surface area contributed by atoms with Crippen molar-refractivity contribution in [2.45, 2.75) is 13.5 Å². The summed E-state index contributed by atoms with van der Waals surface area (Å²) in [6.45, 7) is 1.69. The number of benzene rings is 1. The smallest absolute Gasteiger partial charge is 0.339 e. The Morgan fingerprint density at radius 1 is 1.08 bits per heavy atom. The molecule has 0 radical (unpaired) electrons. The van der Waals surface area contributed by atoms with Crippen LogP contribution in [-0.2, 0) is 16.1 Å². The van der Waals surface area contributed by atoms with Crippen molar-refractivity contribution < 1.29 is 19.1 Å². The van der Waals surface area contributed by atoms with Gasteiger partial charge in [0.1, 0.15) is 12.3 Å². The molecule has 0 saturated carbocycles. The average Bonchev–Trinajstić information content (AvgIpc) is 2.66. The molecule has 0 amide bonds. The molecule has 26 heavy (non-hydrogen) atoms. The van der Waals surface area contributed by atoms with Gasteiger partial charge in [-0.3, -0.25) is 9.20 Å². The summed E-state index contributed by atoms with van der Waals surface area (Å²) in [6.07, 6.45) is 1.69. The minimum atomic E-state index is -0.697. The van der Waals surface area contributed by atoms with Crippen LogP contribution in [0.25, 0.3) is 5.65 Å². The number of hydrogen-bond donors (Lipinski definition) is 0. The van der Waals surface area contributed by atoms with Crippen LogP contribution in [0.2, 0.25) is 0 Å². The molecule has 0 bridgehead atoms. The zero-order chi connectivity index (χ0) is 18.7. The van der Waals surface area contributed by atoms with Gasteiger partial charge in [0, 0.05) is 12.3 Å². The second-order valence-electron chi connectivity index (χ2n) is 5.63. The van der Waals surface area contributed by atoms with Crippen LogP contribution in [-0.4, -0.2) is 28.4 Å². The van der Waals surface area contributed by atoms with Crippen LogP contribution in [0.1, 0.15) is 32.0 Å². The fraction of sp³-hybridized carbons (Fsp3) is 0.158. The molecule has 1 aromatic carbocycles. The van der Waals surface area contributed by atoms with Gasteiger partial charge in [0.2, 0.25) is 0 Å². The minimum absolute atomic E-state index is 0.0903. The number of nitrogens with zero attached hydrogens (tertiary/aromatic N) is 2. The van der Waals surface area contributed by atoms with Crippen molar-refractivity contribution in [2.75, 3.05) is 7.11 Å². The summed E-state index contributed by atoms with van der Waals surface area (Å²) in [5.74, 6) is -1.33. The second-order valence-corrected chi connectivity index (χ2v) is 5.63. The number of rotatable bonds is 4. The first-order valence-electron chi connectivity index (χ1n) is 7.83. The van der Waals surface area contributed by atoms with E-state index in [4.69, 9.17) is 4.74 Å². The highest BCUT2D eigenvalue weighted by molar-refractivity contribution is 6.03. The number of aromatic nitrogens is 2. The average molecular weight is 352 g/mol. The summed E-state index contributed by atoms with van der Waals surface area (Å²) in [5, 5.41) is 0. The number of carbonyl (C=O) groups is 2. The predicted octanol–water partition coefficient (Wildman–Crippen LogP) is 2.15. The van der Waals surface area contributed by atoms with Crippen LogP contribution >= 0.6 is 0 Å². The maximum Gasteiger partial charge on any atom is 0.339 e. The van der Waals surface area contributed by atoms with Crippen molar-refractivity contribution >= 4 is 17.6 Å². The van der Waals surface area contributed by atoms with E-state index in [-0.39, 0.29) is 23.3 Å². The van der Waals surface area contributed by atoms with E-state index < -0.39 is 11.9 Å². The summed E-state index contributed by atoms with van der Waals surface area (Å²) in [5.41, 5.74) is 1.65. The Balaban J connectivity index is 1.83. The number of esters is 2. The Morgan fingerprint density at radius 3 is 2.46 bits per heavy atom. The molecule has 132 valence electrons. The first-order valence-corrected chi connectivity index (χ1v) is 7.83. The Kier molecular flexibility index (Phi) is 4.79. The Morgan fingerprint density at radius 2 is 1.77 bits per heavy atom. The number of pyridine rings is 1. The predicted molar refractivity (Wildman–Crippen MR) is 93.1 cm³/mol. The van der Waals surface area contributed by atoms with E-state index in [9.17, 15) is 14.4 Å². The first kappa shape index (κ1) is 17.3. The molecule has 0 N–H and O–H groups in total. The number of hydrogen-bond acceptors (Lipinski definition) is 6. The number of carbonyl (C=O) groups excluding carboxylic acids is 2. The van der Waals surface area contributed by atoms with Gasteiger partial charge < -0.3 is 9.47 Å². The van der Waals surface area contributed by atoms with E-state index in [0.717, 1.165) is 5.56 Å². The van der Waals surface area contributed by atoms with Gasteiger partial charge in [0.25, 0.3) is 5.56 Å². The number of fused-ring (bicyclic) bond motifs is 1. The summed E-state index contributed by atoms with van der Waals surface area (Å²) in [7, 11) is 1.23. The zero-order valence-electron chi connectivity index (χ0n) is 14.3. The fourth-order valence-corrected chi connectivity index (χ4v) is 2.50. The molecular weight excluding hydrogens is 336 g/mol. The lowest BCUT2D eigenvalue weighted by molar-refractivity contribution is 0.0453. The lowest BCUT2D eigenvalue weighted by Gasteiger charge is -2.09. The van der Waals surface area contributed by atoms with Crippen molar-refractivity contribution in [1.82, 2.24) is 9.38 Å². The van der Waals surface area contributed by atoms with Crippen LogP contribution in [0.3, 0.4) is 0 Å². The molecule has 7 nitrogen and oxygen atoms in total. The third-order valence-corrected chi connectivity index (χ3v) is 3.76. The third kappa shape index (κ3) is 3.46. The summed E-state index contributed by atoms with van der Waals surface area (Å²) in [6, 6.07) is 11.1. The van der Waals surface area contributed by atoms with E-state index in [1.54, 1.807) is 24.4 Å². The van der Waals surface area contributed by atoms with E-state index in [0.29, 0.717) is 11.3 Å². The van der Waals surface area contributed by atoms with Gasteiger partial charge in [-0.15, -0.1) is 0 Å².